The number of aliphatic hydroxyl groups is 1. The third kappa shape index (κ3) is 3.46. The number of piperidine rings is 1. The van der Waals surface area contributed by atoms with E-state index in [2.05, 4.69) is 13.8 Å². The predicted octanol–water partition coefficient (Wildman–Crippen LogP) is 1.19. The maximum Gasteiger partial charge on any atom is 0.320 e. The van der Waals surface area contributed by atoms with Gasteiger partial charge in [-0.3, -0.25) is 9.69 Å². The molecule has 0 aromatic rings. The third-order valence-electron chi connectivity index (χ3n) is 3.40. The van der Waals surface area contributed by atoms with E-state index >= 15 is 0 Å². The highest BCUT2D eigenvalue weighted by atomic mass is 16.4. The van der Waals surface area contributed by atoms with Crippen LogP contribution in [0, 0.1) is 11.8 Å². The Morgan fingerprint density at radius 1 is 1.44 bits per heavy atom. The quantitative estimate of drug-likeness (QED) is 0.760. The number of aliphatic carboxylic acids is 1. The first-order chi connectivity index (χ1) is 7.41. The first kappa shape index (κ1) is 13.5. The largest absolute Gasteiger partial charge is 0.480 e. The summed E-state index contributed by atoms with van der Waals surface area (Å²) in [6.45, 7) is 7.36. The minimum absolute atomic E-state index is 0.218. The van der Waals surface area contributed by atoms with Crippen molar-refractivity contribution in [2.24, 2.45) is 11.8 Å². The molecule has 16 heavy (non-hydrogen) atoms. The number of hydrogen-bond acceptors (Lipinski definition) is 3. The molecular weight excluding hydrogens is 206 g/mol. The maximum absolute atomic E-state index is 10.9. The molecule has 1 fully saturated rings. The Morgan fingerprint density at radius 3 is 2.56 bits per heavy atom. The highest BCUT2D eigenvalue weighted by Gasteiger charge is 2.32. The Labute approximate surface area is 97.3 Å². The summed E-state index contributed by atoms with van der Waals surface area (Å²) in [6, 6.07) is -0.442. The lowest BCUT2D eigenvalue weighted by Crippen LogP contribution is -2.49. The number of carbonyl (C=O) groups is 1. The van der Waals surface area contributed by atoms with E-state index in [9.17, 15) is 9.90 Å². The molecule has 0 amide bonds. The minimum Gasteiger partial charge on any atom is -0.480 e. The van der Waals surface area contributed by atoms with E-state index in [-0.39, 0.29) is 12.0 Å². The summed E-state index contributed by atoms with van der Waals surface area (Å²) < 4.78 is 0. The van der Waals surface area contributed by atoms with Gasteiger partial charge in [0.15, 0.2) is 0 Å². The van der Waals surface area contributed by atoms with Gasteiger partial charge in [-0.1, -0.05) is 13.8 Å². The van der Waals surface area contributed by atoms with E-state index in [4.69, 9.17) is 5.11 Å². The molecule has 1 rings (SSSR count). The van der Waals surface area contributed by atoms with E-state index in [0.717, 1.165) is 6.42 Å². The van der Waals surface area contributed by atoms with Gasteiger partial charge in [-0.15, -0.1) is 0 Å². The van der Waals surface area contributed by atoms with Crippen molar-refractivity contribution >= 4 is 5.97 Å². The number of hydrogen-bond donors (Lipinski definition) is 2. The molecule has 4 heteroatoms. The van der Waals surface area contributed by atoms with Gasteiger partial charge in [0.2, 0.25) is 0 Å². The van der Waals surface area contributed by atoms with E-state index in [0.29, 0.717) is 25.4 Å². The summed E-state index contributed by atoms with van der Waals surface area (Å²) in [5, 5.41) is 18.8. The Hall–Kier alpha value is -0.610. The van der Waals surface area contributed by atoms with Crippen molar-refractivity contribution in [1.82, 2.24) is 4.90 Å². The minimum atomic E-state index is -0.778. The number of likely N-dealkylation sites (tertiary alicyclic amines) is 1. The fourth-order valence-corrected chi connectivity index (χ4v) is 2.39. The highest BCUT2D eigenvalue weighted by Crippen LogP contribution is 2.24. The molecule has 1 aliphatic rings. The molecule has 0 aromatic heterocycles. The topological polar surface area (TPSA) is 60.8 Å². The molecule has 0 saturated carbocycles. The molecule has 3 atom stereocenters. The maximum atomic E-state index is 10.9. The number of carboxylic acid groups (broad SMARTS) is 1. The number of nitrogens with zero attached hydrogens (tertiary/aromatic N) is 1. The summed E-state index contributed by atoms with van der Waals surface area (Å²) in [6.07, 6.45) is 1.39. The van der Waals surface area contributed by atoms with Crippen LogP contribution in [0.4, 0.5) is 0 Å². The van der Waals surface area contributed by atoms with Crippen LogP contribution in [0.1, 0.15) is 33.6 Å². The van der Waals surface area contributed by atoms with Crippen molar-refractivity contribution in [3.63, 3.8) is 0 Å². The van der Waals surface area contributed by atoms with Crippen molar-refractivity contribution in [3.05, 3.63) is 0 Å². The van der Waals surface area contributed by atoms with Crippen molar-refractivity contribution < 1.29 is 15.0 Å². The average molecular weight is 229 g/mol. The molecule has 1 heterocycles. The standard InChI is InChI=1S/C12H23NO3/c1-8(2)6-10-7-13(5-4-11(10)14)9(3)12(15)16/h8-11,14H,4-7H2,1-3H3,(H,15,16)/t9-,10-,11+/m1/s1. The van der Waals surface area contributed by atoms with E-state index in [1.54, 1.807) is 6.92 Å². The summed E-state index contributed by atoms with van der Waals surface area (Å²) in [5.74, 6) is -0.0185. The van der Waals surface area contributed by atoms with Crippen LogP contribution >= 0.6 is 0 Å². The zero-order valence-corrected chi connectivity index (χ0v) is 10.4. The van der Waals surface area contributed by atoms with Gasteiger partial charge in [-0.2, -0.15) is 0 Å². The lowest BCUT2D eigenvalue weighted by atomic mass is 9.87. The van der Waals surface area contributed by atoms with Gasteiger partial charge in [-0.05, 0) is 31.6 Å². The highest BCUT2D eigenvalue weighted by molar-refractivity contribution is 5.72. The second kappa shape index (κ2) is 5.64. The Balaban J connectivity index is 2.56. The molecule has 0 bridgehead atoms. The van der Waals surface area contributed by atoms with Gasteiger partial charge in [0.25, 0.3) is 0 Å². The van der Waals surface area contributed by atoms with E-state index in [1.807, 2.05) is 4.90 Å². The van der Waals surface area contributed by atoms with Crippen LogP contribution in [0.3, 0.4) is 0 Å². The van der Waals surface area contributed by atoms with Crippen LogP contribution in [0.25, 0.3) is 0 Å². The third-order valence-corrected chi connectivity index (χ3v) is 3.40. The molecule has 4 nitrogen and oxygen atoms in total. The molecule has 1 aliphatic heterocycles. The van der Waals surface area contributed by atoms with Gasteiger partial charge in [0.1, 0.15) is 6.04 Å². The smallest absolute Gasteiger partial charge is 0.320 e. The fourth-order valence-electron chi connectivity index (χ4n) is 2.39. The van der Waals surface area contributed by atoms with Crippen LogP contribution in [-0.4, -0.2) is 46.3 Å². The van der Waals surface area contributed by atoms with Crippen LogP contribution < -0.4 is 0 Å². The molecule has 2 N–H and O–H groups in total. The number of aliphatic hydroxyl groups excluding tert-OH is 1. The monoisotopic (exact) mass is 229 g/mol. The zero-order valence-electron chi connectivity index (χ0n) is 10.4. The molecular formula is C12H23NO3. The number of carboxylic acids is 1. The molecule has 1 saturated heterocycles. The summed E-state index contributed by atoms with van der Waals surface area (Å²) >= 11 is 0. The van der Waals surface area contributed by atoms with Crippen LogP contribution in [0.5, 0.6) is 0 Å². The second-order valence-electron chi connectivity index (χ2n) is 5.25. The van der Waals surface area contributed by atoms with Gasteiger partial charge < -0.3 is 10.2 Å². The van der Waals surface area contributed by atoms with Crippen molar-refractivity contribution in [3.8, 4) is 0 Å². The fraction of sp³-hybridized carbons (Fsp3) is 0.917. The van der Waals surface area contributed by atoms with Gasteiger partial charge in [0.05, 0.1) is 6.10 Å². The molecule has 0 aliphatic carbocycles. The zero-order chi connectivity index (χ0) is 12.3. The van der Waals surface area contributed by atoms with Crippen molar-refractivity contribution in [2.45, 2.75) is 45.8 Å². The second-order valence-corrected chi connectivity index (χ2v) is 5.25. The molecule has 0 spiro atoms. The van der Waals surface area contributed by atoms with Gasteiger partial charge in [0, 0.05) is 13.1 Å². The van der Waals surface area contributed by atoms with Crippen LogP contribution in [0.2, 0.25) is 0 Å². The van der Waals surface area contributed by atoms with Gasteiger partial charge in [-0.25, -0.2) is 0 Å². The first-order valence-electron chi connectivity index (χ1n) is 6.06. The Kier molecular flexibility index (Phi) is 4.74. The Bertz CT molecular complexity index is 242. The summed E-state index contributed by atoms with van der Waals surface area (Å²) in [5.41, 5.74) is 0. The van der Waals surface area contributed by atoms with E-state index < -0.39 is 12.0 Å². The Morgan fingerprint density at radius 2 is 2.06 bits per heavy atom. The van der Waals surface area contributed by atoms with Crippen LogP contribution in [0.15, 0.2) is 0 Å². The van der Waals surface area contributed by atoms with Gasteiger partial charge >= 0.3 is 5.97 Å². The molecule has 0 radical (unpaired) electrons. The SMILES string of the molecule is CC(C)C[C@@H]1CN([C@H](C)C(=O)O)CC[C@@H]1O. The molecule has 94 valence electrons. The van der Waals surface area contributed by atoms with Crippen molar-refractivity contribution in [2.75, 3.05) is 13.1 Å². The molecule has 0 aromatic carbocycles. The normalized spacial score (nSPS) is 29.3. The van der Waals surface area contributed by atoms with E-state index in [1.165, 1.54) is 0 Å². The van der Waals surface area contributed by atoms with Crippen LogP contribution in [-0.2, 0) is 4.79 Å². The van der Waals surface area contributed by atoms with Crippen molar-refractivity contribution in [1.29, 1.82) is 0 Å². The summed E-state index contributed by atoms with van der Waals surface area (Å²) in [7, 11) is 0. The summed E-state index contributed by atoms with van der Waals surface area (Å²) in [4.78, 5) is 12.9. The lowest BCUT2D eigenvalue weighted by Gasteiger charge is -2.38. The number of rotatable bonds is 4. The molecule has 0 unspecified atom stereocenters. The predicted molar refractivity (Wildman–Crippen MR) is 62.2 cm³/mol. The first-order valence-corrected chi connectivity index (χ1v) is 6.06. The lowest BCUT2D eigenvalue weighted by molar-refractivity contribution is -0.144. The average Bonchev–Trinajstić information content (AvgIpc) is 2.19.